The van der Waals surface area contributed by atoms with E-state index in [2.05, 4.69) is 266 Å². The van der Waals surface area contributed by atoms with Crippen LogP contribution >= 0.6 is 114 Å². The molecule has 15 aromatic heterocycles. The van der Waals surface area contributed by atoms with Crippen LogP contribution in [0.1, 0.15) is 77.0 Å². The average molecular weight is 2410 g/mol. The predicted molar refractivity (Wildman–Crippen MR) is 616 cm³/mol. The largest absolute Gasteiger partial charge is 0.488 e. The molecule has 26 nitrogen and oxygen atoms in total. The lowest BCUT2D eigenvalue weighted by atomic mass is 9.81. The number of rotatable bonds is 25. The van der Waals surface area contributed by atoms with Gasteiger partial charge < -0.3 is 82.6 Å². The highest BCUT2D eigenvalue weighted by Crippen LogP contribution is 2.41. The Hall–Kier alpha value is -7.35. The summed E-state index contributed by atoms with van der Waals surface area (Å²) in [6.07, 6.45) is 42.7. The van der Waals surface area contributed by atoms with Gasteiger partial charge in [0.05, 0.1) is 42.3 Å². The van der Waals surface area contributed by atoms with Gasteiger partial charge in [-0.05, 0) is 259 Å². The number of fused-ring (bicyclic) bond motifs is 6. The molecule has 19 heterocycles. The molecule has 0 saturated carbocycles. The molecule has 40 heteroatoms. The van der Waals surface area contributed by atoms with Crippen molar-refractivity contribution in [3.05, 3.63) is 220 Å². The van der Waals surface area contributed by atoms with E-state index in [0.29, 0.717) is 26.3 Å². The molecule has 4 aliphatic rings. The molecular weight excluding hydrogens is 2270 g/mol. The molecule has 4 aliphatic heterocycles. The molecule has 141 heavy (non-hydrogen) atoms. The maximum Gasteiger partial charge on any atom is 0.488 e. The van der Waals surface area contributed by atoms with Gasteiger partial charge in [0.1, 0.15) is 60.1 Å². The Bertz CT molecular complexity index is 6440. The monoisotopic (exact) mass is 2410 g/mol. The number of hydrogen-bond acceptors (Lipinski definition) is 19. The highest BCUT2D eigenvalue weighted by Gasteiger charge is 2.26. The van der Waals surface area contributed by atoms with Crippen LogP contribution in [-0.4, -0.2) is 208 Å². The van der Waals surface area contributed by atoms with Crippen molar-refractivity contribution in [2.45, 2.75) is 200 Å². The molecule has 4 saturated heterocycles. The van der Waals surface area contributed by atoms with Gasteiger partial charge in [0.2, 0.25) is 17.5 Å². The Kier molecular flexibility index (Phi) is 45.7. The minimum atomic E-state index is -1.63. The van der Waals surface area contributed by atoms with Gasteiger partial charge in [0, 0.05) is 247 Å². The fourth-order valence-electron chi connectivity index (χ4n) is 16.0. The number of aromatic nitrogens is 15. The van der Waals surface area contributed by atoms with Crippen molar-refractivity contribution in [3.63, 3.8) is 0 Å². The molecule has 0 aliphatic carbocycles. The van der Waals surface area contributed by atoms with Gasteiger partial charge in [-0.3, -0.25) is 4.79 Å². The Morgan fingerprint density at radius 3 is 1.27 bits per heavy atom. The van der Waals surface area contributed by atoms with Crippen molar-refractivity contribution >= 4 is 242 Å². The highest BCUT2D eigenvalue weighted by atomic mass is 127. The van der Waals surface area contributed by atoms with E-state index < -0.39 is 51.3 Å². The summed E-state index contributed by atoms with van der Waals surface area (Å²) >= 11 is 30.3. The highest BCUT2D eigenvalue weighted by molar-refractivity contribution is 14.1. The minimum absolute atomic E-state index is 0.0877. The third kappa shape index (κ3) is 36.0. The van der Waals surface area contributed by atoms with Crippen LogP contribution in [0.2, 0.25) is 118 Å². The van der Waals surface area contributed by atoms with E-state index >= 15 is 0 Å². The van der Waals surface area contributed by atoms with Crippen LogP contribution < -0.4 is 31.0 Å². The summed E-state index contributed by atoms with van der Waals surface area (Å²) in [6.45, 7) is 42.1. The van der Waals surface area contributed by atoms with Gasteiger partial charge in [0.15, 0.2) is 0 Å². The zero-order chi connectivity index (χ0) is 101. The number of pyridine rings is 9. The molecule has 19 rings (SSSR count). The number of alkyl halides is 1. The Balaban J connectivity index is 0.000000157. The topological polar surface area (TPSA) is 297 Å². The Labute approximate surface area is 892 Å². The summed E-state index contributed by atoms with van der Waals surface area (Å²) in [5.74, 6) is -1.19. The molecule has 15 aromatic rings. The van der Waals surface area contributed by atoms with E-state index in [4.69, 9.17) is 75.4 Å². The van der Waals surface area contributed by atoms with Gasteiger partial charge in [-0.1, -0.05) is 131 Å². The lowest BCUT2D eigenvalue weighted by molar-refractivity contribution is 0.0897. The van der Waals surface area contributed by atoms with Crippen LogP contribution in [0, 0.1) is 22.6 Å². The molecule has 758 valence electrons. The summed E-state index contributed by atoms with van der Waals surface area (Å²) in [7, 11) is -5.70. The maximum atomic E-state index is 13.9. The van der Waals surface area contributed by atoms with Gasteiger partial charge in [-0.25, -0.2) is 39.9 Å². The Morgan fingerprint density at radius 1 is 0.397 bits per heavy atom. The van der Waals surface area contributed by atoms with Crippen molar-refractivity contribution in [1.29, 1.82) is 0 Å². The lowest BCUT2D eigenvalue weighted by Crippen LogP contribution is -2.30. The standard InChI is InChI=1S/C23H31FN4OSi.C18H28IN3OSi.C17H18N4O.C13H18ClIN2OSi.C7H4ClIN2.C7H5ClN2.C6H15ClOSi.C5H5BFNO2.C5H11N/c1-30(2,3)14-13-29-17-28-16-19(18-7-9-25-21(24)15-18)22-20(8-10-26-23(22)28)27-11-5-4-6-12-27;1-24(2,3)12-11-23-14-22-13-15(19)17-16(7-8-20-18(17)22)21-9-5-4-6-10-21;22-15-10-12(4-6-18-15)13-11-20-17-16(13)14(5-7-19-17)21-8-2-1-3-9-21;1-19(2,3)7-6-18-9-17-8-11(15)12-10(14)4-5-16-13(12)17;8-4-1-2-10-7-6(4)5(9)3-11-7;8-6-2-4-10-7-5(6)1-3-9-7;1-9(2,3)5-4-8-6-7;7-5-3-4(6(9)10)1-2-8-5;1-2-4-6-5-3-1/h7-10,15-16H,4-6,11-14,17H2,1-3H3;7-8,13H,4-6,9-12,14H2,1-3H3;4-7,10-11H,1-3,8-9H2,(H,18,22)(H,19,20);4-5,8H,6-7,9H2,1-3H3;1-3H,(H,10,11);1-4H,(H,9,10);4-6H2,1-3H3;1-3,9-10H;6H,1-5H2. The van der Waals surface area contributed by atoms with Crippen LogP contribution in [0.3, 0.4) is 0 Å². The van der Waals surface area contributed by atoms with Crippen LogP contribution in [0.4, 0.5) is 25.8 Å². The second kappa shape index (κ2) is 56.5. The molecule has 4 fully saturated rings. The van der Waals surface area contributed by atoms with Crippen LogP contribution in [0.15, 0.2) is 177 Å². The van der Waals surface area contributed by atoms with Crippen molar-refractivity contribution in [1.82, 2.24) is 78.8 Å². The van der Waals surface area contributed by atoms with Crippen molar-refractivity contribution in [2.75, 3.05) is 99.6 Å². The van der Waals surface area contributed by atoms with E-state index in [-0.39, 0.29) is 11.0 Å². The molecule has 0 bridgehead atoms. The second-order valence-corrected chi connectivity index (χ2v) is 67.2. The number of anilines is 3. The number of ether oxygens (including phenoxy) is 4. The molecule has 0 spiro atoms. The third-order valence-electron chi connectivity index (χ3n) is 23.7. The van der Waals surface area contributed by atoms with Crippen LogP contribution in [0.5, 0.6) is 0 Å². The number of nitrogens with zero attached hydrogens (tertiary/aromatic N) is 14. The van der Waals surface area contributed by atoms with Gasteiger partial charge in [-0.2, -0.15) is 8.78 Å². The van der Waals surface area contributed by atoms with Gasteiger partial charge >= 0.3 is 7.12 Å². The second-order valence-electron chi connectivity index (χ2n) is 39.8. The number of hydrogen-bond donors (Lipinski definition) is 7. The SMILES string of the molecule is C1CCNCC1.C[Si](C)(C)CCOCCl.C[Si](C)(C)CCOCn1cc(-c2ccnc(F)c2)c2c(N3CCCCC3)ccnc21.C[Si](C)(C)CCOCn1cc(I)c2c(Cl)ccnc21.C[Si](C)(C)CCOCn1cc(I)c2c(N3CCCCC3)ccnc21.Clc1ccnc2[nH]cc(I)c12.Clc1ccnc2[nH]ccc12.O=c1cc(-c2c[nH]c3nccc(N4CCCCC4)c23)cc[nH]1.OB(O)c1ccnc(F)c1. The normalized spacial score (nSPS) is 14.0. The van der Waals surface area contributed by atoms with Gasteiger partial charge in [-0.15, -0.1) is 0 Å². The first-order chi connectivity index (χ1) is 67.5. The average Bonchev–Trinajstić information content (AvgIpc) is 1.57. The van der Waals surface area contributed by atoms with E-state index in [0.717, 1.165) is 183 Å². The van der Waals surface area contributed by atoms with Crippen LogP contribution in [0.25, 0.3) is 88.5 Å². The summed E-state index contributed by atoms with van der Waals surface area (Å²) in [4.78, 5) is 64.2. The molecule has 0 radical (unpaired) electrons. The van der Waals surface area contributed by atoms with Crippen molar-refractivity contribution in [2.24, 2.45) is 0 Å². The quantitative estimate of drug-likeness (QED) is 0.00919. The van der Waals surface area contributed by atoms with E-state index in [1.54, 1.807) is 43.0 Å². The smallest absolute Gasteiger partial charge is 0.423 e. The first-order valence-electron chi connectivity index (χ1n) is 48.3. The zero-order valence-electron chi connectivity index (χ0n) is 83.0. The molecule has 0 unspecified atom stereocenters. The molecular formula is C101H135BCl4F2I3N19O7Si4. The molecule has 0 atom stereocenters. The predicted octanol–water partition coefficient (Wildman–Crippen LogP) is 25.2. The number of H-pyrrole nitrogens is 4. The first kappa shape index (κ1) is 114. The fourth-order valence-corrected chi connectivity index (χ4v) is 22.6. The number of aromatic amines is 4. The molecule has 7 N–H and O–H groups in total. The summed E-state index contributed by atoms with van der Waals surface area (Å²) < 4.78 is 58.6. The van der Waals surface area contributed by atoms with Crippen LogP contribution in [-0.2, 0) is 39.1 Å². The minimum Gasteiger partial charge on any atom is -0.423 e. The maximum absolute atomic E-state index is 13.9. The number of halogens is 9. The summed E-state index contributed by atoms with van der Waals surface area (Å²) in [5.41, 5.74) is 12.9. The first-order valence-corrected chi connectivity index (χ1v) is 68.1. The molecule has 0 aromatic carbocycles. The zero-order valence-corrected chi connectivity index (χ0v) is 96.5. The van der Waals surface area contributed by atoms with Crippen molar-refractivity contribution < 1.29 is 37.8 Å². The molecule has 0 amide bonds. The van der Waals surface area contributed by atoms with Crippen molar-refractivity contribution in [3.8, 4) is 22.3 Å². The number of nitrogens with one attached hydrogen (secondary N) is 5. The third-order valence-corrected chi connectivity index (χ3v) is 34.2. The fraction of sp³-hybridized carbons (Fsp3) is 0.436. The van der Waals surface area contributed by atoms with E-state index in [1.165, 1.54) is 159 Å². The summed E-state index contributed by atoms with van der Waals surface area (Å²) in [5, 5.41) is 29.0. The van der Waals surface area contributed by atoms with E-state index in [9.17, 15) is 13.6 Å². The van der Waals surface area contributed by atoms with E-state index in [1.807, 2.05) is 72.2 Å². The lowest BCUT2D eigenvalue weighted by Gasteiger charge is -2.29. The Morgan fingerprint density at radius 2 is 0.801 bits per heavy atom. The summed E-state index contributed by atoms with van der Waals surface area (Å²) in [6, 6.07) is 27.9. The number of piperidine rings is 4. The van der Waals surface area contributed by atoms with Gasteiger partial charge in [0.25, 0.3) is 0 Å².